The van der Waals surface area contributed by atoms with Gasteiger partial charge in [-0.2, -0.15) is 11.8 Å². The zero-order chi connectivity index (χ0) is 14.8. The van der Waals surface area contributed by atoms with Crippen molar-refractivity contribution in [3.05, 3.63) is 35.9 Å². The highest BCUT2D eigenvalue weighted by Crippen LogP contribution is 2.27. The van der Waals surface area contributed by atoms with Crippen LogP contribution in [0.3, 0.4) is 0 Å². The second-order valence-electron chi connectivity index (χ2n) is 4.56. The number of thioether (sulfide) groups is 1. The van der Waals surface area contributed by atoms with Crippen molar-refractivity contribution in [1.29, 1.82) is 0 Å². The molecule has 1 N–H and O–H groups in total. The van der Waals surface area contributed by atoms with Crippen LogP contribution in [0.1, 0.15) is 32.8 Å². The van der Waals surface area contributed by atoms with E-state index in [-0.39, 0.29) is 5.97 Å². The summed E-state index contributed by atoms with van der Waals surface area (Å²) in [7, 11) is 0. The van der Waals surface area contributed by atoms with Gasteiger partial charge in [0.25, 0.3) is 0 Å². The lowest BCUT2D eigenvalue weighted by atomic mass is 9.91. The minimum atomic E-state index is -0.742. The third-order valence-electron chi connectivity index (χ3n) is 3.09. The largest absolute Gasteiger partial charge is 0.464 e. The van der Waals surface area contributed by atoms with E-state index in [1.165, 1.54) is 0 Å². The van der Waals surface area contributed by atoms with Crippen LogP contribution in [0.25, 0.3) is 0 Å². The molecule has 0 aliphatic carbocycles. The first-order chi connectivity index (χ1) is 9.71. The van der Waals surface area contributed by atoms with Gasteiger partial charge >= 0.3 is 5.97 Å². The van der Waals surface area contributed by atoms with E-state index in [4.69, 9.17) is 4.74 Å². The third kappa shape index (κ3) is 4.25. The van der Waals surface area contributed by atoms with Crippen LogP contribution in [0.5, 0.6) is 0 Å². The summed E-state index contributed by atoms with van der Waals surface area (Å²) in [6.45, 7) is 7.24. The lowest BCUT2D eigenvalue weighted by Gasteiger charge is -2.32. The Hall–Kier alpha value is -1.00. The van der Waals surface area contributed by atoms with Crippen molar-refractivity contribution in [2.45, 2.75) is 32.7 Å². The maximum Gasteiger partial charge on any atom is 0.331 e. The molecule has 0 spiro atoms. The average Bonchev–Trinajstić information content (AvgIpc) is 2.49. The first-order valence-corrected chi connectivity index (χ1v) is 8.42. The van der Waals surface area contributed by atoms with Crippen molar-refractivity contribution in [2.24, 2.45) is 0 Å². The molecule has 0 heterocycles. The smallest absolute Gasteiger partial charge is 0.331 e. The quantitative estimate of drug-likeness (QED) is 0.710. The van der Waals surface area contributed by atoms with Gasteiger partial charge in [0.15, 0.2) is 5.54 Å². The number of nitrogens with one attached hydrogen (secondary N) is 1. The first-order valence-electron chi connectivity index (χ1n) is 7.26. The maximum atomic E-state index is 12.6. The molecular formula is C16H25NO2S. The molecule has 1 rings (SSSR count). The lowest BCUT2D eigenvalue weighted by molar-refractivity contribution is -0.150. The van der Waals surface area contributed by atoms with Crippen molar-refractivity contribution in [3.8, 4) is 0 Å². The van der Waals surface area contributed by atoms with Gasteiger partial charge in [-0.25, -0.2) is 4.79 Å². The second kappa shape index (κ2) is 9.03. The number of ether oxygens (including phenoxy) is 1. The minimum absolute atomic E-state index is 0.180. The zero-order valence-corrected chi connectivity index (χ0v) is 13.5. The summed E-state index contributed by atoms with van der Waals surface area (Å²) in [5.41, 5.74) is 0.237. The molecular weight excluding hydrogens is 270 g/mol. The summed E-state index contributed by atoms with van der Waals surface area (Å²) in [5.74, 6) is 1.48. The van der Waals surface area contributed by atoms with Crippen LogP contribution in [-0.4, -0.2) is 30.6 Å². The van der Waals surface area contributed by atoms with Gasteiger partial charge in [-0.05, 0) is 31.2 Å². The fourth-order valence-electron chi connectivity index (χ4n) is 2.06. The van der Waals surface area contributed by atoms with Gasteiger partial charge in [-0.15, -0.1) is 0 Å². The van der Waals surface area contributed by atoms with Crippen molar-refractivity contribution >= 4 is 17.7 Å². The summed E-state index contributed by atoms with van der Waals surface area (Å²) in [4.78, 5) is 12.6. The number of carbonyl (C=O) groups is 1. The minimum Gasteiger partial charge on any atom is -0.464 e. The Morgan fingerprint density at radius 3 is 2.50 bits per heavy atom. The fourth-order valence-corrected chi connectivity index (χ4v) is 2.95. The lowest BCUT2D eigenvalue weighted by Crippen LogP contribution is -2.52. The molecule has 1 aromatic carbocycles. The SMILES string of the molecule is CCCNC(CSCC)(C(=O)OCC)c1ccccc1. The molecule has 0 aliphatic rings. The predicted octanol–water partition coefficient (Wildman–Crippen LogP) is 3.20. The molecule has 112 valence electrons. The molecule has 0 aliphatic heterocycles. The Labute approximate surface area is 126 Å². The number of hydrogen-bond acceptors (Lipinski definition) is 4. The summed E-state index contributed by atoms with van der Waals surface area (Å²) in [5, 5.41) is 3.42. The van der Waals surface area contributed by atoms with Crippen LogP contribution in [0.15, 0.2) is 30.3 Å². The topological polar surface area (TPSA) is 38.3 Å². The van der Waals surface area contributed by atoms with Crippen LogP contribution in [0.4, 0.5) is 0 Å². The van der Waals surface area contributed by atoms with Crippen molar-refractivity contribution in [2.75, 3.05) is 24.7 Å². The molecule has 20 heavy (non-hydrogen) atoms. The van der Waals surface area contributed by atoms with Crippen LogP contribution < -0.4 is 5.32 Å². The van der Waals surface area contributed by atoms with Gasteiger partial charge in [0.05, 0.1) is 6.61 Å². The van der Waals surface area contributed by atoms with E-state index in [2.05, 4.69) is 19.2 Å². The Morgan fingerprint density at radius 1 is 1.25 bits per heavy atom. The summed E-state index contributed by atoms with van der Waals surface area (Å²) >= 11 is 1.75. The number of hydrogen-bond donors (Lipinski definition) is 1. The Kier molecular flexibility index (Phi) is 7.70. The van der Waals surface area contributed by atoms with E-state index in [9.17, 15) is 4.79 Å². The summed E-state index contributed by atoms with van der Waals surface area (Å²) in [6, 6.07) is 9.89. The number of carbonyl (C=O) groups excluding carboxylic acids is 1. The van der Waals surface area contributed by atoms with E-state index in [1.54, 1.807) is 11.8 Å². The van der Waals surface area contributed by atoms with E-state index < -0.39 is 5.54 Å². The molecule has 1 atom stereocenters. The van der Waals surface area contributed by atoms with Crippen LogP contribution in [-0.2, 0) is 15.1 Å². The molecule has 0 amide bonds. The molecule has 1 aromatic rings. The van der Waals surface area contributed by atoms with Gasteiger partial charge in [0.1, 0.15) is 0 Å². The van der Waals surface area contributed by atoms with Gasteiger partial charge in [-0.3, -0.25) is 5.32 Å². The van der Waals surface area contributed by atoms with Gasteiger partial charge in [0.2, 0.25) is 0 Å². The van der Waals surface area contributed by atoms with E-state index in [0.717, 1.165) is 24.3 Å². The summed E-state index contributed by atoms with van der Waals surface area (Å²) < 4.78 is 5.34. The number of esters is 1. The molecule has 3 nitrogen and oxygen atoms in total. The molecule has 1 unspecified atom stereocenters. The molecule has 0 aromatic heterocycles. The molecule has 0 saturated heterocycles. The number of benzene rings is 1. The number of rotatable bonds is 9. The summed E-state index contributed by atoms with van der Waals surface area (Å²) in [6.07, 6.45) is 0.977. The van der Waals surface area contributed by atoms with Crippen molar-refractivity contribution < 1.29 is 9.53 Å². The average molecular weight is 295 g/mol. The van der Waals surface area contributed by atoms with Crippen LogP contribution >= 0.6 is 11.8 Å². The second-order valence-corrected chi connectivity index (χ2v) is 5.83. The van der Waals surface area contributed by atoms with E-state index in [0.29, 0.717) is 12.4 Å². The standard InChI is InChI=1S/C16H25NO2S/c1-4-12-17-16(13-20-6-3,15(18)19-5-2)14-10-8-7-9-11-14/h7-11,17H,4-6,12-13H2,1-3H3. The molecule has 0 bridgehead atoms. The molecule has 0 radical (unpaired) electrons. The van der Waals surface area contributed by atoms with Crippen LogP contribution in [0.2, 0.25) is 0 Å². The first kappa shape index (κ1) is 17.1. The zero-order valence-electron chi connectivity index (χ0n) is 12.6. The monoisotopic (exact) mass is 295 g/mol. The molecule has 0 fully saturated rings. The highest BCUT2D eigenvalue weighted by atomic mass is 32.2. The van der Waals surface area contributed by atoms with Gasteiger partial charge < -0.3 is 4.74 Å². The Morgan fingerprint density at radius 2 is 1.95 bits per heavy atom. The third-order valence-corrected chi connectivity index (χ3v) is 4.14. The Balaban J connectivity index is 3.13. The molecule has 4 heteroatoms. The van der Waals surface area contributed by atoms with E-state index in [1.807, 2.05) is 37.3 Å². The Bertz CT molecular complexity index is 387. The fraction of sp³-hybridized carbons (Fsp3) is 0.562. The van der Waals surface area contributed by atoms with E-state index >= 15 is 0 Å². The van der Waals surface area contributed by atoms with Crippen molar-refractivity contribution in [3.63, 3.8) is 0 Å². The predicted molar refractivity (Wildman–Crippen MR) is 86.0 cm³/mol. The van der Waals surface area contributed by atoms with Gasteiger partial charge in [0, 0.05) is 5.75 Å². The molecule has 0 saturated carbocycles. The van der Waals surface area contributed by atoms with Crippen molar-refractivity contribution in [1.82, 2.24) is 5.32 Å². The highest BCUT2D eigenvalue weighted by molar-refractivity contribution is 7.99. The maximum absolute atomic E-state index is 12.6. The van der Waals surface area contributed by atoms with Crippen LogP contribution in [0, 0.1) is 0 Å². The normalized spacial score (nSPS) is 13.8. The highest BCUT2D eigenvalue weighted by Gasteiger charge is 2.40. The van der Waals surface area contributed by atoms with Gasteiger partial charge in [-0.1, -0.05) is 44.2 Å².